The van der Waals surface area contributed by atoms with E-state index in [9.17, 15) is 4.39 Å². The van der Waals surface area contributed by atoms with Gasteiger partial charge in [0.2, 0.25) is 5.89 Å². The fraction of sp³-hybridized carbons (Fsp3) is 0.0455. The van der Waals surface area contributed by atoms with Crippen molar-refractivity contribution in [2.75, 3.05) is 11.1 Å². The number of halogens is 1. The van der Waals surface area contributed by atoms with Crippen molar-refractivity contribution in [3.63, 3.8) is 0 Å². The van der Waals surface area contributed by atoms with E-state index in [1.54, 1.807) is 6.07 Å². The van der Waals surface area contributed by atoms with Crippen LogP contribution in [0.3, 0.4) is 0 Å². The standard InChI is InChI=1S/C22H15FN6O/c1-11-5-4-8-14-17(11)26-20-18(25-16-10-9-15(23)19(14)29(16)20)12-6-2-3-7-13(12)21-27-28-22(24)30-21/h2-10,26H,1H3,(H2,24,28). The molecule has 8 heteroatoms. The van der Waals surface area contributed by atoms with Crippen molar-refractivity contribution in [2.24, 2.45) is 0 Å². The quantitative estimate of drug-likeness (QED) is 0.435. The molecule has 0 amide bonds. The Balaban J connectivity index is 1.68. The summed E-state index contributed by atoms with van der Waals surface area (Å²) in [4.78, 5) is 4.81. The molecule has 146 valence electrons. The Hall–Kier alpha value is -4.20. The molecule has 30 heavy (non-hydrogen) atoms. The highest BCUT2D eigenvalue weighted by Crippen LogP contribution is 2.45. The van der Waals surface area contributed by atoms with Gasteiger partial charge in [-0.3, -0.25) is 4.40 Å². The Morgan fingerprint density at radius 2 is 1.77 bits per heavy atom. The molecule has 3 N–H and O–H groups in total. The van der Waals surface area contributed by atoms with Gasteiger partial charge in [-0.2, -0.15) is 0 Å². The second-order valence-electron chi connectivity index (χ2n) is 7.15. The van der Waals surface area contributed by atoms with Crippen molar-refractivity contribution in [1.29, 1.82) is 0 Å². The molecule has 0 aliphatic carbocycles. The van der Waals surface area contributed by atoms with Gasteiger partial charge < -0.3 is 15.5 Å². The van der Waals surface area contributed by atoms with Gasteiger partial charge in [-0.1, -0.05) is 41.5 Å². The lowest BCUT2D eigenvalue weighted by atomic mass is 10.0. The number of hydrogen-bond acceptors (Lipinski definition) is 6. The second-order valence-corrected chi connectivity index (χ2v) is 7.15. The van der Waals surface area contributed by atoms with E-state index in [1.807, 2.05) is 53.8 Å². The zero-order chi connectivity index (χ0) is 20.4. The number of para-hydroxylation sites is 1. The van der Waals surface area contributed by atoms with Gasteiger partial charge in [0.15, 0.2) is 0 Å². The minimum absolute atomic E-state index is 0.0109. The highest BCUT2D eigenvalue weighted by molar-refractivity contribution is 5.94. The molecule has 2 aromatic carbocycles. The van der Waals surface area contributed by atoms with Crippen molar-refractivity contribution in [3.05, 3.63) is 66.0 Å². The van der Waals surface area contributed by atoms with E-state index < -0.39 is 0 Å². The number of hydrogen-bond donors (Lipinski definition) is 2. The zero-order valence-electron chi connectivity index (χ0n) is 15.8. The van der Waals surface area contributed by atoms with E-state index in [4.69, 9.17) is 15.1 Å². The van der Waals surface area contributed by atoms with E-state index in [-0.39, 0.29) is 11.8 Å². The Morgan fingerprint density at radius 1 is 0.967 bits per heavy atom. The number of imidazole rings is 1. The molecule has 0 unspecified atom stereocenters. The van der Waals surface area contributed by atoms with Crippen LogP contribution in [-0.4, -0.2) is 19.6 Å². The van der Waals surface area contributed by atoms with Gasteiger partial charge in [0.25, 0.3) is 0 Å². The van der Waals surface area contributed by atoms with E-state index in [1.165, 1.54) is 6.07 Å². The Bertz CT molecular complexity index is 1470. The van der Waals surface area contributed by atoms with Crippen molar-refractivity contribution < 1.29 is 8.81 Å². The van der Waals surface area contributed by atoms with Gasteiger partial charge in [0, 0.05) is 16.7 Å². The number of nitrogens with zero attached hydrogens (tertiary/aromatic N) is 4. The van der Waals surface area contributed by atoms with Gasteiger partial charge in [0.05, 0.1) is 11.4 Å². The molecule has 1 aliphatic rings. The summed E-state index contributed by atoms with van der Waals surface area (Å²) in [5.41, 5.74) is 11.5. The van der Waals surface area contributed by atoms with E-state index in [0.29, 0.717) is 34.3 Å². The number of benzene rings is 2. The third-order valence-electron chi connectivity index (χ3n) is 5.36. The van der Waals surface area contributed by atoms with Crippen molar-refractivity contribution in [3.8, 4) is 34.0 Å². The third kappa shape index (κ3) is 2.21. The lowest BCUT2D eigenvalue weighted by molar-refractivity contribution is 0.590. The number of fused-ring (bicyclic) bond motifs is 2. The lowest BCUT2D eigenvalue weighted by Crippen LogP contribution is -2.10. The number of nitrogens with two attached hydrogens (primary N) is 1. The van der Waals surface area contributed by atoms with Crippen LogP contribution in [0.15, 0.2) is 59.0 Å². The molecule has 0 spiro atoms. The molecule has 3 aromatic heterocycles. The second kappa shape index (κ2) is 5.90. The number of pyridine rings is 1. The molecule has 5 aromatic rings. The van der Waals surface area contributed by atoms with Gasteiger partial charge in [-0.25, -0.2) is 9.37 Å². The van der Waals surface area contributed by atoms with Crippen LogP contribution in [0.4, 0.5) is 21.9 Å². The van der Waals surface area contributed by atoms with E-state index in [0.717, 1.165) is 22.4 Å². The first-order valence-corrected chi connectivity index (χ1v) is 9.38. The van der Waals surface area contributed by atoms with Crippen LogP contribution in [0, 0.1) is 12.7 Å². The van der Waals surface area contributed by atoms with Crippen molar-refractivity contribution in [1.82, 2.24) is 19.6 Å². The summed E-state index contributed by atoms with van der Waals surface area (Å²) in [5, 5.41) is 11.3. The highest BCUT2D eigenvalue weighted by atomic mass is 19.1. The fourth-order valence-electron chi connectivity index (χ4n) is 4.03. The third-order valence-corrected chi connectivity index (χ3v) is 5.36. The molecular formula is C22H15FN6O. The number of aromatic nitrogens is 4. The summed E-state index contributed by atoms with van der Waals surface area (Å²) in [6.45, 7) is 1.99. The molecule has 0 atom stereocenters. The summed E-state index contributed by atoms with van der Waals surface area (Å²) in [6, 6.07) is 16.5. The summed E-state index contributed by atoms with van der Waals surface area (Å²) in [6.07, 6.45) is 0. The molecule has 6 rings (SSSR count). The van der Waals surface area contributed by atoms with Crippen LogP contribution >= 0.6 is 0 Å². The van der Waals surface area contributed by atoms with E-state index >= 15 is 0 Å². The topological polar surface area (TPSA) is 94.3 Å². The normalized spacial score (nSPS) is 12.1. The largest absolute Gasteiger partial charge is 0.404 e. The van der Waals surface area contributed by atoms with Crippen LogP contribution in [0.5, 0.6) is 0 Å². The zero-order valence-corrected chi connectivity index (χ0v) is 15.8. The van der Waals surface area contributed by atoms with Gasteiger partial charge >= 0.3 is 6.01 Å². The molecular weight excluding hydrogens is 383 g/mol. The first-order valence-electron chi connectivity index (χ1n) is 9.38. The Kier molecular flexibility index (Phi) is 3.29. The Labute approximate surface area is 170 Å². The number of nitrogens with one attached hydrogen (secondary N) is 1. The number of anilines is 3. The Morgan fingerprint density at radius 3 is 2.57 bits per heavy atom. The average molecular weight is 398 g/mol. The number of nitrogen functional groups attached to an aromatic ring is 1. The van der Waals surface area contributed by atoms with Gasteiger partial charge in [-0.05, 0) is 30.7 Å². The minimum atomic E-state index is -0.306. The predicted octanol–water partition coefficient (Wildman–Crippen LogP) is 4.81. The average Bonchev–Trinajstić information content (AvgIpc) is 3.35. The number of rotatable bonds is 2. The van der Waals surface area contributed by atoms with Crippen LogP contribution in [0.2, 0.25) is 0 Å². The maximum Gasteiger partial charge on any atom is 0.313 e. The minimum Gasteiger partial charge on any atom is -0.404 e. The summed E-state index contributed by atoms with van der Waals surface area (Å²) < 4.78 is 22.2. The molecule has 0 bridgehead atoms. The first kappa shape index (κ1) is 16.7. The van der Waals surface area contributed by atoms with Crippen LogP contribution < -0.4 is 11.1 Å². The van der Waals surface area contributed by atoms with Crippen LogP contribution in [-0.2, 0) is 0 Å². The molecule has 4 heterocycles. The predicted molar refractivity (Wildman–Crippen MR) is 112 cm³/mol. The van der Waals surface area contributed by atoms with Crippen molar-refractivity contribution in [2.45, 2.75) is 6.92 Å². The van der Waals surface area contributed by atoms with E-state index in [2.05, 4.69) is 15.5 Å². The molecule has 1 aliphatic heterocycles. The van der Waals surface area contributed by atoms with Crippen LogP contribution in [0.25, 0.3) is 39.6 Å². The monoisotopic (exact) mass is 398 g/mol. The summed E-state index contributed by atoms with van der Waals surface area (Å²) >= 11 is 0. The molecule has 0 saturated carbocycles. The maximum atomic E-state index is 15.0. The smallest absolute Gasteiger partial charge is 0.313 e. The molecule has 0 fully saturated rings. The molecule has 7 nitrogen and oxygen atoms in total. The maximum absolute atomic E-state index is 15.0. The summed E-state index contributed by atoms with van der Waals surface area (Å²) in [7, 11) is 0. The van der Waals surface area contributed by atoms with Crippen molar-refractivity contribution >= 4 is 23.2 Å². The van der Waals surface area contributed by atoms with Crippen LogP contribution in [0.1, 0.15) is 5.56 Å². The summed E-state index contributed by atoms with van der Waals surface area (Å²) in [5.74, 6) is 0.673. The van der Waals surface area contributed by atoms with Gasteiger partial charge in [-0.15, -0.1) is 5.10 Å². The first-order chi connectivity index (χ1) is 14.6. The molecule has 0 radical (unpaired) electrons. The van der Waals surface area contributed by atoms with Gasteiger partial charge in [0.1, 0.15) is 23.0 Å². The fourth-order valence-corrected chi connectivity index (χ4v) is 4.03. The number of aryl methyl sites for hydroxylation is 1. The molecule has 0 saturated heterocycles. The highest BCUT2D eigenvalue weighted by Gasteiger charge is 2.28. The lowest BCUT2D eigenvalue weighted by Gasteiger charge is -2.23. The SMILES string of the molecule is Cc1cccc2c1Nc1c(-c3ccccc3-c3nnc(N)o3)nc3ccc(F)c-2n13.